The zero-order chi connectivity index (χ0) is 22.1. The van der Waals surface area contributed by atoms with Gasteiger partial charge in [0.2, 0.25) is 15.9 Å². The number of benzene rings is 2. The third kappa shape index (κ3) is 7.59. The van der Waals surface area contributed by atoms with E-state index in [0.29, 0.717) is 24.5 Å². The predicted molar refractivity (Wildman–Crippen MR) is 119 cm³/mol. The number of methoxy groups -OCH3 is 1. The van der Waals surface area contributed by atoms with Crippen molar-refractivity contribution in [2.75, 3.05) is 30.8 Å². The van der Waals surface area contributed by atoms with Gasteiger partial charge in [-0.3, -0.25) is 9.10 Å². The number of ether oxygens (including phenoxy) is 2. The van der Waals surface area contributed by atoms with E-state index < -0.39 is 10.0 Å². The van der Waals surface area contributed by atoms with Crippen LogP contribution < -0.4 is 19.1 Å². The highest BCUT2D eigenvalue weighted by Crippen LogP contribution is 2.22. The number of carbonyl (C=O) groups is 1. The number of aryl methyl sites for hydroxylation is 1. The second-order valence-electron chi connectivity index (χ2n) is 7.23. The molecule has 0 aliphatic heterocycles. The summed E-state index contributed by atoms with van der Waals surface area (Å²) in [6.07, 6.45) is 1.77. The van der Waals surface area contributed by atoms with Crippen molar-refractivity contribution in [2.45, 2.75) is 32.7 Å². The van der Waals surface area contributed by atoms with Crippen LogP contribution in [0.25, 0.3) is 0 Å². The van der Waals surface area contributed by atoms with Crippen molar-refractivity contribution >= 4 is 21.6 Å². The molecule has 0 bridgehead atoms. The number of nitrogens with one attached hydrogen (secondary N) is 1. The van der Waals surface area contributed by atoms with E-state index in [2.05, 4.69) is 5.32 Å². The molecule has 0 aliphatic rings. The number of carbonyl (C=O) groups excluding carboxylic acids is 1. The number of sulfonamides is 1. The topological polar surface area (TPSA) is 84.9 Å². The van der Waals surface area contributed by atoms with Crippen molar-refractivity contribution in [2.24, 2.45) is 0 Å². The Bertz CT molecular complexity index is 912. The summed E-state index contributed by atoms with van der Waals surface area (Å²) in [7, 11) is -1.91. The molecular formula is C22H30N2O5S. The minimum Gasteiger partial charge on any atom is -0.497 e. The highest BCUT2D eigenvalue weighted by atomic mass is 32.2. The van der Waals surface area contributed by atoms with Crippen LogP contribution in [0, 0.1) is 6.92 Å². The summed E-state index contributed by atoms with van der Waals surface area (Å²) in [5.41, 5.74) is 1.69. The lowest BCUT2D eigenvalue weighted by Gasteiger charge is -2.22. The lowest BCUT2D eigenvalue weighted by atomic mass is 10.2. The van der Waals surface area contributed by atoms with Crippen molar-refractivity contribution in [3.05, 3.63) is 54.1 Å². The molecular weight excluding hydrogens is 404 g/mol. The molecule has 30 heavy (non-hydrogen) atoms. The summed E-state index contributed by atoms with van der Waals surface area (Å²) in [5.74, 6) is 1.26. The lowest BCUT2D eigenvalue weighted by Crippen LogP contribution is -2.37. The number of rotatable bonds is 11. The van der Waals surface area contributed by atoms with Gasteiger partial charge in [-0.25, -0.2) is 8.42 Å². The molecule has 164 valence electrons. The molecule has 2 rings (SSSR count). The van der Waals surface area contributed by atoms with Gasteiger partial charge in [0, 0.05) is 13.0 Å². The lowest BCUT2D eigenvalue weighted by molar-refractivity contribution is -0.121. The molecule has 2 aromatic carbocycles. The van der Waals surface area contributed by atoms with Crippen LogP contribution in [0.15, 0.2) is 48.5 Å². The number of anilines is 1. The van der Waals surface area contributed by atoms with Crippen molar-refractivity contribution in [3.63, 3.8) is 0 Å². The Morgan fingerprint density at radius 3 is 2.23 bits per heavy atom. The summed E-state index contributed by atoms with van der Waals surface area (Å²) in [4.78, 5) is 12.2. The second-order valence-corrected chi connectivity index (χ2v) is 9.14. The van der Waals surface area contributed by atoms with Crippen LogP contribution in [0.1, 0.15) is 25.3 Å². The molecule has 7 nitrogen and oxygen atoms in total. The Morgan fingerprint density at radius 2 is 1.67 bits per heavy atom. The summed E-state index contributed by atoms with van der Waals surface area (Å²) >= 11 is 0. The number of nitrogens with zero attached hydrogens (tertiary/aromatic N) is 1. The fourth-order valence-corrected chi connectivity index (χ4v) is 3.83. The van der Waals surface area contributed by atoms with E-state index in [1.165, 1.54) is 4.31 Å². The van der Waals surface area contributed by atoms with Crippen LogP contribution in [0.2, 0.25) is 0 Å². The first kappa shape index (κ1) is 23.5. The van der Waals surface area contributed by atoms with Crippen LogP contribution in [0.4, 0.5) is 5.69 Å². The van der Waals surface area contributed by atoms with Crippen LogP contribution in [0.3, 0.4) is 0 Å². The molecule has 2 aromatic rings. The molecule has 0 aromatic heterocycles. The van der Waals surface area contributed by atoms with Gasteiger partial charge in [0.25, 0.3) is 0 Å². The van der Waals surface area contributed by atoms with Crippen molar-refractivity contribution in [1.29, 1.82) is 0 Å². The molecule has 1 amide bonds. The van der Waals surface area contributed by atoms with E-state index in [9.17, 15) is 13.2 Å². The van der Waals surface area contributed by atoms with E-state index in [1.807, 2.05) is 38.1 Å². The molecule has 0 radical (unpaired) electrons. The average molecular weight is 435 g/mol. The van der Waals surface area contributed by atoms with Crippen LogP contribution in [-0.4, -0.2) is 46.9 Å². The molecule has 1 N–H and O–H groups in total. The quantitative estimate of drug-likeness (QED) is 0.587. The molecule has 0 fully saturated rings. The SMILES string of the molecule is COc1ccc(N(CCCC(=O)N[C@@H](C)COc2ccc(C)cc2)S(C)(=O)=O)cc1. The van der Waals surface area contributed by atoms with Crippen LogP contribution in [-0.2, 0) is 14.8 Å². The Balaban J connectivity index is 1.80. The predicted octanol–water partition coefficient (Wildman–Crippen LogP) is 3.13. The van der Waals surface area contributed by atoms with Gasteiger partial charge in [0.15, 0.2) is 0 Å². The summed E-state index contributed by atoms with van der Waals surface area (Å²) in [5, 5.41) is 2.88. The molecule has 0 saturated carbocycles. The largest absolute Gasteiger partial charge is 0.497 e. The van der Waals surface area contributed by atoms with Crippen LogP contribution >= 0.6 is 0 Å². The van der Waals surface area contributed by atoms with E-state index >= 15 is 0 Å². The maximum absolute atomic E-state index is 12.2. The zero-order valence-corrected chi connectivity index (χ0v) is 18.7. The van der Waals surface area contributed by atoms with Crippen molar-refractivity contribution in [1.82, 2.24) is 5.32 Å². The van der Waals surface area contributed by atoms with Gasteiger partial charge in [-0.15, -0.1) is 0 Å². The molecule has 1 atom stereocenters. The van der Waals surface area contributed by atoms with E-state index in [1.54, 1.807) is 31.4 Å². The van der Waals surface area contributed by atoms with Gasteiger partial charge < -0.3 is 14.8 Å². The molecule has 0 unspecified atom stereocenters. The third-order valence-electron chi connectivity index (χ3n) is 4.45. The minimum absolute atomic E-state index is 0.141. The molecule has 8 heteroatoms. The third-order valence-corrected chi connectivity index (χ3v) is 5.65. The van der Waals surface area contributed by atoms with Crippen molar-refractivity contribution in [3.8, 4) is 11.5 Å². The van der Waals surface area contributed by atoms with Gasteiger partial charge >= 0.3 is 0 Å². The maximum atomic E-state index is 12.2. The fraction of sp³-hybridized carbons (Fsp3) is 0.409. The molecule has 0 saturated heterocycles. The first-order chi connectivity index (χ1) is 14.2. The first-order valence-corrected chi connectivity index (χ1v) is 11.6. The Kier molecular flexibility index (Phi) is 8.53. The summed E-state index contributed by atoms with van der Waals surface area (Å²) in [6.45, 7) is 4.45. The highest BCUT2D eigenvalue weighted by molar-refractivity contribution is 7.92. The van der Waals surface area contributed by atoms with Gasteiger partial charge in [-0.2, -0.15) is 0 Å². The Hall–Kier alpha value is -2.74. The smallest absolute Gasteiger partial charge is 0.232 e. The van der Waals surface area contributed by atoms with Gasteiger partial charge in [-0.1, -0.05) is 17.7 Å². The normalized spacial score (nSPS) is 12.1. The number of hydrogen-bond acceptors (Lipinski definition) is 5. The molecule has 0 aliphatic carbocycles. The average Bonchev–Trinajstić information content (AvgIpc) is 2.70. The maximum Gasteiger partial charge on any atom is 0.232 e. The summed E-state index contributed by atoms with van der Waals surface area (Å²) < 4.78 is 36.4. The Morgan fingerprint density at radius 1 is 1.07 bits per heavy atom. The minimum atomic E-state index is -3.46. The number of amides is 1. The second kappa shape index (κ2) is 10.9. The molecule has 0 spiro atoms. The fourth-order valence-electron chi connectivity index (χ4n) is 2.86. The monoisotopic (exact) mass is 434 g/mol. The first-order valence-electron chi connectivity index (χ1n) is 9.79. The Labute approximate surface area is 179 Å². The van der Waals surface area contributed by atoms with Crippen molar-refractivity contribution < 1.29 is 22.7 Å². The van der Waals surface area contributed by atoms with Gasteiger partial charge in [0.1, 0.15) is 18.1 Å². The van der Waals surface area contributed by atoms with E-state index in [0.717, 1.165) is 17.6 Å². The molecule has 0 heterocycles. The van der Waals surface area contributed by atoms with E-state index in [-0.39, 0.29) is 24.9 Å². The van der Waals surface area contributed by atoms with Crippen LogP contribution in [0.5, 0.6) is 11.5 Å². The number of hydrogen-bond donors (Lipinski definition) is 1. The van der Waals surface area contributed by atoms with Gasteiger partial charge in [-0.05, 0) is 56.7 Å². The summed E-state index contributed by atoms with van der Waals surface area (Å²) in [6, 6.07) is 14.3. The highest BCUT2D eigenvalue weighted by Gasteiger charge is 2.18. The van der Waals surface area contributed by atoms with Gasteiger partial charge in [0.05, 0.1) is 25.1 Å². The standard InChI is InChI=1S/C22H30N2O5S/c1-17-7-11-21(12-8-17)29-16-18(2)23-22(25)6-5-15-24(30(4,26)27)19-9-13-20(28-3)14-10-19/h7-14,18H,5-6,15-16H2,1-4H3,(H,23,25)/t18-/m0/s1. The zero-order valence-electron chi connectivity index (χ0n) is 17.9. The van der Waals surface area contributed by atoms with E-state index in [4.69, 9.17) is 9.47 Å².